The third kappa shape index (κ3) is 3.49. The van der Waals surface area contributed by atoms with E-state index in [1.165, 1.54) is 5.56 Å². The highest BCUT2D eigenvalue weighted by Gasteiger charge is 2.22. The Balaban J connectivity index is 1.67. The zero-order chi connectivity index (χ0) is 19.5. The molecule has 3 aromatic carbocycles. The Morgan fingerprint density at radius 3 is 2.39 bits per heavy atom. The van der Waals surface area contributed by atoms with Crippen molar-refractivity contribution in [3.63, 3.8) is 0 Å². The topological polar surface area (TPSA) is 47.3 Å². The van der Waals surface area contributed by atoms with Crippen molar-refractivity contribution < 1.29 is 4.79 Å². The average molecular weight is 369 g/mol. The lowest BCUT2D eigenvalue weighted by atomic mass is 10.0. The summed E-state index contributed by atoms with van der Waals surface area (Å²) >= 11 is 0. The van der Waals surface area contributed by atoms with Gasteiger partial charge in [-0.1, -0.05) is 48.5 Å². The highest BCUT2D eigenvalue weighted by atomic mass is 16.1. The number of ketones is 1. The second-order valence-electron chi connectivity index (χ2n) is 7.26. The van der Waals surface area contributed by atoms with E-state index in [-0.39, 0.29) is 5.78 Å². The Labute approximate surface area is 165 Å². The minimum absolute atomic E-state index is 0.0928. The first-order valence-electron chi connectivity index (χ1n) is 9.71. The molecule has 0 aromatic heterocycles. The number of carbonyl (C=O) groups excluding carboxylic acids is 1. The molecule has 1 heterocycles. The quantitative estimate of drug-likeness (QED) is 0.612. The standard InChI is InChI=1S/C24H23N3O/c1-18(28)20-10-8-19(9-11-20)17-26-14-4-5-15-27(26)24-13-12-21(16-25)22-6-2-3-7-23(22)24/h2-3,6-13H,4-5,14-15,17H2,1H3. The van der Waals surface area contributed by atoms with E-state index in [4.69, 9.17) is 0 Å². The molecule has 4 rings (SSSR count). The molecule has 1 fully saturated rings. The zero-order valence-corrected chi connectivity index (χ0v) is 16.1. The van der Waals surface area contributed by atoms with Gasteiger partial charge in [0.15, 0.2) is 5.78 Å². The molecule has 28 heavy (non-hydrogen) atoms. The number of fused-ring (bicyclic) bond motifs is 1. The lowest BCUT2D eigenvalue weighted by Gasteiger charge is -2.41. The highest BCUT2D eigenvalue weighted by Crippen LogP contribution is 2.32. The third-order valence-electron chi connectivity index (χ3n) is 5.40. The molecule has 1 saturated heterocycles. The molecule has 4 nitrogen and oxygen atoms in total. The minimum Gasteiger partial charge on any atom is -0.305 e. The van der Waals surface area contributed by atoms with Crippen LogP contribution in [0.2, 0.25) is 0 Å². The van der Waals surface area contributed by atoms with Crippen LogP contribution < -0.4 is 5.01 Å². The summed E-state index contributed by atoms with van der Waals surface area (Å²) in [6, 6.07) is 22.3. The number of rotatable bonds is 4. The van der Waals surface area contributed by atoms with E-state index in [9.17, 15) is 10.1 Å². The van der Waals surface area contributed by atoms with Crippen LogP contribution in [-0.4, -0.2) is 23.9 Å². The lowest BCUT2D eigenvalue weighted by Crippen LogP contribution is -2.47. The Bertz CT molecular complexity index is 1050. The smallest absolute Gasteiger partial charge is 0.159 e. The Kier molecular flexibility index (Phi) is 5.10. The van der Waals surface area contributed by atoms with Crippen LogP contribution in [0.3, 0.4) is 0 Å². The van der Waals surface area contributed by atoms with Crippen molar-refractivity contribution in [1.29, 1.82) is 5.26 Å². The maximum absolute atomic E-state index is 11.5. The van der Waals surface area contributed by atoms with Gasteiger partial charge in [-0.25, -0.2) is 5.01 Å². The highest BCUT2D eigenvalue weighted by molar-refractivity contribution is 5.97. The molecule has 0 radical (unpaired) electrons. The lowest BCUT2D eigenvalue weighted by molar-refractivity contribution is 0.101. The first-order valence-corrected chi connectivity index (χ1v) is 9.71. The number of benzene rings is 3. The van der Waals surface area contributed by atoms with E-state index in [0.717, 1.165) is 54.5 Å². The predicted octanol–water partition coefficient (Wildman–Crippen LogP) is 4.93. The molecule has 1 aliphatic rings. The maximum atomic E-state index is 11.5. The third-order valence-corrected chi connectivity index (χ3v) is 5.40. The van der Waals surface area contributed by atoms with Gasteiger partial charge in [-0.3, -0.25) is 4.79 Å². The van der Waals surface area contributed by atoms with Gasteiger partial charge in [0.05, 0.1) is 17.3 Å². The predicted molar refractivity (Wildman–Crippen MR) is 112 cm³/mol. The largest absolute Gasteiger partial charge is 0.305 e. The van der Waals surface area contributed by atoms with E-state index in [1.54, 1.807) is 6.92 Å². The van der Waals surface area contributed by atoms with Crippen LogP contribution in [0.15, 0.2) is 60.7 Å². The van der Waals surface area contributed by atoms with Gasteiger partial charge in [0.2, 0.25) is 0 Å². The van der Waals surface area contributed by atoms with E-state index < -0.39 is 0 Å². The van der Waals surface area contributed by atoms with Crippen LogP contribution in [0, 0.1) is 11.3 Å². The van der Waals surface area contributed by atoms with Gasteiger partial charge >= 0.3 is 0 Å². The molecule has 140 valence electrons. The zero-order valence-electron chi connectivity index (χ0n) is 16.1. The van der Waals surface area contributed by atoms with Gasteiger partial charge in [-0.05, 0) is 37.5 Å². The van der Waals surface area contributed by atoms with Crippen molar-refractivity contribution >= 4 is 22.2 Å². The van der Waals surface area contributed by atoms with Gasteiger partial charge < -0.3 is 5.01 Å². The molecule has 3 aromatic rings. The van der Waals surface area contributed by atoms with Crippen LogP contribution in [0.1, 0.15) is 41.3 Å². The number of carbonyl (C=O) groups is 1. The molecule has 1 aliphatic heterocycles. The number of hydrazine groups is 1. The normalized spacial score (nSPS) is 14.8. The van der Waals surface area contributed by atoms with E-state index >= 15 is 0 Å². The van der Waals surface area contributed by atoms with E-state index in [1.807, 2.05) is 48.5 Å². The molecule has 0 bridgehead atoms. The summed E-state index contributed by atoms with van der Waals surface area (Å²) in [7, 11) is 0. The summed E-state index contributed by atoms with van der Waals surface area (Å²) in [5, 5.41) is 16.3. The summed E-state index contributed by atoms with van der Waals surface area (Å²) < 4.78 is 0. The maximum Gasteiger partial charge on any atom is 0.159 e. The van der Waals surface area contributed by atoms with Gasteiger partial charge in [0.25, 0.3) is 0 Å². The number of hydrogen-bond acceptors (Lipinski definition) is 4. The summed E-state index contributed by atoms with van der Waals surface area (Å²) in [6.45, 7) is 4.34. The number of Topliss-reactive ketones (excluding diaryl/α,β-unsaturated/α-hetero) is 1. The minimum atomic E-state index is 0.0928. The molecule has 0 spiro atoms. The molecule has 0 aliphatic carbocycles. The molecule has 0 atom stereocenters. The molecule has 0 saturated carbocycles. The van der Waals surface area contributed by atoms with Crippen molar-refractivity contribution in [1.82, 2.24) is 5.01 Å². The Morgan fingerprint density at radius 1 is 0.964 bits per heavy atom. The summed E-state index contributed by atoms with van der Waals surface area (Å²) in [4.78, 5) is 11.5. The number of nitriles is 1. The first-order chi connectivity index (χ1) is 13.7. The summed E-state index contributed by atoms with van der Waals surface area (Å²) in [5.41, 5.74) is 3.80. The fraction of sp³-hybridized carbons (Fsp3) is 0.250. The second kappa shape index (κ2) is 7.84. The molecular formula is C24H23N3O. The molecule has 4 heteroatoms. The average Bonchev–Trinajstić information content (AvgIpc) is 2.74. The monoisotopic (exact) mass is 369 g/mol. The molecule has 0 amide bonds. The fourth-order valence-electron chi connectivity index (χ4n) is 3.92. The van der Waals surface area contributed by atoms with Crippen LogP contribution in [0.5, 0.6) is 0 Å². The van der Waals surface area contributed by atoms with Crippen molar-refractivity contribution in [3.05, 3.63) is 77.4 Å². The van der Waals surface area contributed by atoms with Crippen LogP contribution in [0.4, 0.5) is 5.69 Å². The van der Waals surface area contributed by atoms with Gasteiger partial charge in [-0.15, -0.1) is 0 Å². The van der Waals surface area contributed by atoms with Crippen molar-refractivity contribution in [3.8, 4) is 6.07 Å². The van der Waals surface area contributed by atoms with Gasteiger partial charge in [0, 0.05) is 36.0 Å². The molecule has 0 unspecified atom stereocenters. The second-order valence-corrected chi connectivity index (χ2v) is 7.26. The van der Waals surface area contributed by atoms with Crippen molar-refractivity contribution in [2.24, 2.45) is 0 Å². The molecular weight excluding hydrogens is 346 g/mol. The summed E-state index contributed by atoms with van der Waals surface area (Å²) in [6.07, 6.45) is 2.31. The molecule has 0 N–H and O–H groups in total. The van der Waals surface area contributed by atoms with Crippen molar-refractivity contribution in [2.45, 2.75) is 26.3 Å². The number of nitrogens with zero attached hydrogens (tertiary/aromatic N) is 3. The fourth-order valence-corrected chi connectivity index (χ4v) is 3.92. The summed E-state index contributed by atoms with van der Waals surface area (Å²) in [5.74, 6) is 0.0928. The first kappa shape index (κ1) is 18.2. The van der Waals surface area contributed by atoms with Crippen molar-refractivity contribution in [2.75, 3.05) is 18.1 Å². The Hall–Kier alpha value is -3.16. The van der Waals surface area contributed by atoms with Crippen LogP contribution in [0.25, 0.3) is 10.8 Å². The van der Waals surface area contributed by atoms with Crippen LogP contribution >= 0.6 is 0 Å². The van der Waals surface area contributed by atoms with E-state index in [2.05, 4.69) is 28.2 Å². The van der Waals surface area contributed by atoms with Crippen LogP contribution in [-0.2, 0) is 6.54 Å². The Morgan fingerprint density at radius 2 is 1.68 bits per heavy atom. The van der Waals surface area contributed by atoms with Gasteiger partial charge in [0.1, 0.15) is 0 Å². The number of anilines is 1. The van der Waals surface area contributed by atoms with Gasteiger partial charge in [-0.2, -0.15) is 5.26 Å². The SMILES string of the molecule is CC(=O)c1ccc(CN2CCCCN2c2ccc(C#N)c3ccccc23)cc1. The van der Waals surface area contributed by atoms with E-state index in [0.29, 0.717) is 5.56 Å². The number of hydrogen-bond donors (Lipinski definition) is 0.